The van der Waals surface area contributed by atoms with Crippen LogP contribution in [0.2, 0.25) is 0 Å². The number of nitrogens with two attached hydrogens (primary N) is 1. The van der Waals surface area contributed by atoms with Crippen molar-refractivity contribution in [3.8, 4) is 0 Å². The summed E-state index contributed by atoms with van der Waals surface area (Å²) in [4.78, 5) is 27.8. The number of benzene rings is 1. The first-order valence-corrected chi connectivity index (χ1v) is 8.91. The van der Waals surface area contributed by atoms with Crippen LogP contribution in [0.25, 0.3) is 0 Å². The topological polar surface area (TPSA) is 78.7 Å². The van der Waals surface area contributed by atoms with Crippen LogP contribution in [0.5, 0.6) is 0 Å². The first-order chi connectivity index (χ1) is 11.3. The van der Waals surface area contributed by atoms with Gasteiger partial charge in [0.15, 0.2) is 0 Å². The maximum Gasteiger partial charge on any atom is 0.244 e. The van der Waals surface area contributed by atoms with Crippen molar-refractivity contribution in [1.82, 2.24) is 15.1 Å². The second kappa shape index (κ2) is 11.1. The Balaban J connectivity index is 0.00000312. The molecule has 0 saturated carbocycles. The SMILES string of the molecule is CC(=O)N1CCN(CCNC(=O)C(C)(N)c2ccc(Br)cc2)CC1.Cl.Cl. The minimum atomic E-state index is -1.06. The predicted molar refractivity (Wildman–Crippen MR) is 112 cm³/mol. The summed E-state index contributed by atoms with van der Waals surface area (Å²) in [6.45, 7) is 7.78. The van der Waals surface area contributed by atoms with Gasteiger partial charge in [0.05, 0.1) is 0 Å². The molecule has 1 heterocycles. The molecule has 1 aromatic rings. The monoisotopic (exact) mass is 468 g/mol. The molecule has 0 aromatic heterocycles. The summed E-state index contributed by atoms with van der Waals surface area (Å²) in [7, 11) is 0. The van der Waals surface area contributed by atoms with Gasteiger partial charge < -0.3 is 16.0 Å². The number of carbonyl (C=O) groups is 2. The molecular formula is C17H27BrCl2N4O2. The van der Waals surface area contributed by atoms with Gasteiger partial charge in [-0.05, 0) is 24.6 Å². The molecule has 1 aliphatic rings. The van der Waals surface area contributed by atoms with E-state index in [4.69, 9.17) is 5.73 Å². The van der Waals surface area contributed by atoms with Crippen LogP contribution in [-0.2, 0) is 15.1 Å². The Morgan fingerprint density at radius 3 is 2.19 bits per heavy atom. The molecule has 3 N–H and O–H groups in total. The first kappa shape index (κ1) is 25.1. The Labute approximate surface area is 175 Å². The maximum absolute atomic E-state index is 12.4. The zero-order valence-corrected chi connectivity index (χ0v) is 18.3. The highest BCUT2D eigenvalue weighted by Crippen LogP contribution is 2.20. The molecule has 0 aliphatic carbocycles. The van der Waals surface area contributed by atoms with Gasteiger partial charge in [-0.15, -0.1) is 24.8 Å². The summed E-state index contributed by atoms with van der Waals surface area (Å²) in [5, 5.41) is 2.92. The Kier molecular flexibility index (Phi) is 10.7. The Hall–Kier alpha value is -0.860. The van der Waals surface area contributed by atoms with Crippen molar-refractivity contribution >= 4 is 52.6 Å². The smallest absolute Gasteiger partial charge is 0.244 e. The van der Waals surface area contributed by atoms with Crippen molar-refractivity contribution in [2.75, 3.05) is 39.3 Å². The highest BCUT2D eigenvalue weighted by atomic mass is 79.9. The third-order valence-electron chi connectivity index (χ3n) is 4.45. The summed E-state index contributed by atoms with van der Waals surface area (Å²) in [6.07, 6.45) is 0. The summed E-state index contributed by atoms with van der Waals surface area (Å²) in [5.41, 5.74) is 5.93. The molecule has 2 amide bonds. The Morgan fingerprint density at radius 1 is 1.15 bits per heavy atom. The highest BCUT2D eigenvalue weighted by Gasteiger charge is 2.30. The van der Waals surface area contributed by atoms with Gasteiger partial charge in [0.25, 0.3) is 0 Å². The summed E-state index contributed by atoms with van der Waals surface area (Å²) in [6, 6.07) is 7.46. The zero-order chi connectivity index (χ0) is 17.7. The lowest BCUT2D eigenvalue weighted by molar-refractivity contribution is -0.130. The van der Waals surface area contributed by atoms with E-state index in [0.29, 0.717) is 6.54 Å². The van der Waals surface area contributed by atoms with E-state index in [2.05, 4.69) is 26.1 Å². The molecule has 26 heavy (non-hydrogen) atoms. The van der Waals surface area contributed by atoms with E-state index in [0.717, 1.165) is 42.8 Å². The number of piperazine rings is 1. The lowest BCUT2D eigenvalue weighted by atomic mass is 9.92. The van der Waals surface area contributed by atoms with E-state index in [1.165, 1.54) is 0 Å². The molecule has 148 valence electrons. The van der Waals surface area contributed by atoms with Gasteiger partial charge in [-0.2, -0.15) is 0 Å². The van der Waals surface area contributed by atoms with Gasteiger partial charge >= 0.3 is 0 Å². The van der Waals surface area contributed by atoms with E-state index < -0.39 is 5.54 Å². The molecule has 2 rings (SSSR count). The lowest BCUT2D eigenvalue weighted by Gasteiger charge is -2.34. The number of nitrogens with one attached hydrogen (secondary N) is 1. The van der Waals surface area contributed by atoms with Crippen LogP contribution in [0.4, 0.5) is 0 Å². The van der Waals surface area contributed by atoms with Crippen LogP contribution in [0.1, 0.15) is 19.4 Å². The van der Waals surface area contributed by atoms with Crippen LogP contribution in [0.15, 0.2) is 28.7 Å². The van der Waals surface area contributed by atoms with Crippen LogP contribution >= 0.6 is 40.7 Å². The Morgan fingerprint density at radius 2 is 1.69 bits per heavy atom. The fourth-order valence-electron chi connectivity index (χ4n) is 2.72. The predicted octanol–water partition coefficient (Wildman–Crippen LogP) is 1.75. The molecule has 0 bridgehead atoms. The summed E-state index contributed by atoms with van der Waals surface area (Å²) >= 11 is 3.38. The molecule has 1 saturated heterocycles. The van der Waals surface area contributed by atoms with E-state index in [9.17, 15) is 9.59 Å². The molecule has 1 aliphatic heterocycles. The van der Waals surface area contributed by atoms with Crippen molar-refractivity contribution in [2.45, 2.75) is 19.4 Å². The average molecular weight is 470 g/mol. The van der Waals surface area contributed by atoms with Gasteiger partial charge in [0.2, 0.25) is 11.8 Å². The first-order valence-electron chi connectivity index (χ1n) is 8.12. The van der Waals surface area contributed by atoms with Gasteiger partial charge in [-0.1, -0.05) is 28.1 Å². The Bertz CT molecular complexity index is 591. The number of rotatable bonds is 5. The minimum absolute atomic E-state index is 0. The average Bonchev–Trinajstić information content (AvgIpc) is 2.55. The molecule has 0 radical (unpaired) electrons. The lowest BCUT2D eigenvalue weighted by Crippen LogP contribution is -2.52. The van der Waals surface area contributed by atoms with E-state index >= 15 is 0 Å². The van der Waals surface area contributed by atoms with Crippen LogP contribution in [0.3, 0.4) is 0 Å². The molecule has 1 unspecified atom stereocenters. The molecule has 1 aromatic carbocycles. The van der Waals surface area contributed by atoms with Crippen molar-refractivity contribution in [2.24, 2.45) is 5.73 Å². The van der Waals surface area contributed by atoms with Crippen LogP contribution in [-0.4, -0.2) is 60.9 Å². The van der Waals surface area contributed by atoms with Gasteiger partial charge in [0, 0.05) is 50.7 Å². The van der Waals surface area contributed by atoms with Gasteiger partial charge in [0.1, 0.15) is 5.54 Å². The number of hydrogen-bond donors (Lipinski definition) is 2. The quantitative estimate of drug-likeness (QED) is 0.688. The van der Waals surface area contributed by atoms with E-state index in [1.54, 1.807) is 13.8 Å². The number of amides is 2. The second-order valence-electron chi connectivity index (χ2n) is 6.31. The van der Waals surface area contributed by atoms with Gasteiger partial charge in [-0.3, -0.25) is 14.5 Å². The van der Waals surface area contributed by atoms with Crippen molar-refractivity contribution in [3.05, 3.63) is 34.3 Å². The van der Waals surface area contributed by atoms with E-state index in [1.807, 2.05) is 29.2 Å². The summed E-state index contributed by atoms with van der Waals surface area (Å²) in [5.74, 6) is -0.0662. The number of carbonyl (C=O) groups excluding carboxylic acids is 2. The fraction of sp³-hybridized carbons (Fsp3) is 0.529. The van der Waals surface area contributed by atoms with E-state index in [-0.39, 0.29) is 36.6 Å². The fourth-order valence-corrected chi connectivity index (χ4v) is 2.99. The number of nitrogens with zero attached hydrogens (tertiary/aromatic N) is 2. The van der Waals surface area contributed by atoms with Gasteiger partial charge in [-0.25, -0.2) is 0 Å². The summed E-state index contributed by atoms with van der Waals surface area (Å²) < 4.78 is 0.951. The van der Waals surface area contributed by atoms with Crippen LogP contribution < -0.4 is 11.1 Å². The third kappa shape index (κ3) is 6.70. The molecule has 6 nitrogen and oxygen atoms in total. The van der Waals surface area contributed by atoms with Crippen molar-refractivity contribution < 1.29 is 9.59 Å². The minimum Gasteiger partial charge on any atom is -0.353 e. The molecular weight excluding hydrogens is 443 g/mol. The maximum atomic E-state index is 12.4. The van der Waals surface area contributed by atoms with Crippen molar-refractivity contribution in [1.29, 1.82) is 0 Å². The highest BCUT2D eigenvalue weighted by molar-refractivity contribution is 9.10. The largest absolute Gasteiger partial charge is 0.353 e. The second-order valence-corrected chi connectivity index (χ2v) is 7.23. The zero-order valence-electron chi connectivity index (χ0n) is 15.0. The van der Waals surface area contributed by atoms with Crippen molar-refractivity contribution in [3.63, 3.8) is 0 Å². The number of halogens is 3. The third-order valence-corrected chi connectivity index (χ3v) is 4.98. The standard InChI is InChI=1S/C17H25BrN4O2.2ClH/c1-13(23)22-11-9-21(10-12-22)8-7-20-16(24)17(2,19)14-3-5-15(18)6-4-14;;/h3-6H,7-12,19H2,1-2H3,(H,20,24);2*1H. The molecule has 0 spiro atoms. The normalized spacial score (nSPS) is 16.7. The van der Waals surface area contributed by atoms with Crippen LogP contribution in [0, 0.1) is 0 Å². The molecule has 9 heteroatoms. The molecule has 1 fully saturated rings. The number of hydrogen-bond acceptors (Lipinski definition) is 4. The molecule has 1 atom stereocenters.